The molecule has 0 bridgehead atoms. The first-order valence-corrected chi connectivity index (χ1v) is 6.88. The Bertz CT molecular complexity index is 620. The van der Waals surface area contributed by atoms with Crippen LogP contribution in [-0.2, 0) is 6.42 Å². The lowest BCUT2D eigenvalue weighted by Crippen LogP contribution is -2.07. The maximum Gasteiger partial charge on any atom is 0.167 e. The fraction of sp³-hybridized carbons (Fsp3) is 0.133. The van der Waals surface area contributed by atoms with Crippen LogP contribution in [0.5, 0.6) is 0 Å². The molecule has 0 saturated carbocycles. The number of benzene rings is 2. The first-order chi connectivity index (χ1) is 8.99. The first kappa shape index (κ1) is 14.2. The predicted octanol–water partition coefficient (Wildman–Crippen LogP) is 4.98. The molecule has 0 amide bonds. The molecule has 0 aliphatic carbocycles. The molecule has 0 aliphatic heterocycles. The number of rotatable bonds is 3. The number of halogens is 3. The highest BCUT2D eigenvalue weighted by molar-refractivity contribution is 9.10. The van der Waals surface area contributed by atoms with Crippen LogP contribution < -0.4 is 0 Å². The van der Waals surface area contributed by atoms with E-state index in [-0.39, 0.29) is 22.8 Å². The van der Waals surface area contributed by atoms with Crippen molar-refractivity contribution in [1.82, 2.24) is 0 Å². The average molecular weight is 342 g/mol. The lowest BCUT2D eigenvalue weighted by atomic mass is 9.99. The number of aryl methyl sites for hydroxylation is 1. The van der Waals surface area contributed by atoms with E-state index in [0.717, 1.165) is 10.0 Å². The summed E-state index contributed by atoms with van der Waals surface area (Å²) >= 11 is 9.26. The summed E-state index contributed by atoms with van der Waals surface area (Å²) in [5, 5.41) is 0.279. The van der Waals surface area contributed by atoms with Gasteiger partial charge in [0.05, 0.1) is 0 Å². The van der Waals surface area contributed by atoms with E-state index < -0.39 is 5.82 Å². The molecule has 0 spiro atoms. The third kappa shape index (κ3) is 3.23. The van der Waals surface area contributed by atoms with E-state index in [0.29, 0.717) is 5.56 Å². The summed E-state index contributed by atoms with van der Waals surface area (Å²) in [4.78, 5) is 12.2. The van der Waals surface area contributed by atoms with Gasteiger partial charge in [0.1, 0.15) is 5.82 Å². The Kier molecular flexibility index (Phi) is 4.38. The number of Topliss-reactive ketones (excluding diaryl/α,β-unsaturated/α-hetero) is 1. The van der Waals surface area contributed by atoms with Gasteiger partial charge in [0.25, 0.3) is 0 Å². The normalized spacial score (nSPS) is 10.5. The third-order valence-corrected chi connectivity index (χ3v) is 3.75. The van der Waals surface area contributed by atoms with Crippen molar-refractivity contribution in [3.8, 4) is 0 Å². The van der Waals surface area contributed by atoms with Gasteiger partial charge in [-0.2, -0.15) is 0 Å². The molecule has 2 aromatic carbocycles. The predicted molar refractivity (Wildman–Crippen MR) is 78.3 cm³/mol. The van der Waals surface area contributed by atoms with Gasteiger partial charge < -0.3 is 0 Å². The highest BCUT2D eigenvalue weighted by Crippen LogP contribution is 2.23. The largest absolute Gasteiger partial charge is 0.294 e. The second-order valence-corrected chi connectivity index (χ2v) is 5.58. The highest BCUT2D eigenvalue weighted by Gasteiger charge is 2.15. The van der Waals surface area contributed by atoms with E-state index in [1.807, 2.05) is 19.1 Å². The quantitative estimate of drug-likeness (QED) is 0.720. The Morgan fingerprint density at radius 1 is 1.32 bits per heavy atom. The van der Waals surface area contributed by atoms with E-state index in [4.69, 9.17) is 11.6 Å². The van der Waals surface area contributed by atoms with Crippen molar-refractivity contribution in [3.63, 3.8) is 0 Å². The fourth-order valence-electron chi connectivity index (χ4n) is 1.85. The van der Waals surface area contributed by atoms with Crippen LogP contribution in [0.15, 0.2) is 40.9 Å². The SMILES string of the molecule is Cc1ccc(Br)cc1C(=O)Cc1c(F)cccc1Cl. The average Bonchev–Trinajstić information content (AvgIpc) is 2.37. The Balaban J connectivity index is 2.34. The van der Waals surface area contributed by atoms with Gasteiger partial charge in [-0.05, 0) is 36.8 Å². The van der Waals surface area contributed by atoms with Crippen molar-refractivity contribution in [3.05, 3.63) is 68.4 Å². The monoisotopic (exact) mass is 340 g/mol. The highest BCUT2D eigenvalue weighted by atomic mass is 79.9. The van der Waals surface area contributed by atoms with Crippen molar-refractivity contribution in [2.45, 2.75) is 13.3 Å². The molecule has 0 aliphatic rings. The molecule has 19 heavy (non-hydrogen) atoms. The molecule has 0 saturated heterocycles. The molecule has 0 unspecified atom stereocenters. The lowest BCUT2D eigenvalue weighted by molar-refractivity contribution is 0.0991. The van der Waals surface area contributed by atoms with E-state index >= 15 is 0 Å². The number of ketones is 1. The molecule has 1 nitrogen and oxygen atoms in total. The summed E-state index contributed by atoms with van der Waals surface area (Å²) in [5.74, 6) is -0.598. The topological polar surface area (TPSA) is 17.1 Å². The van der Waals surface area contributed by atoms with Gasteiger partial charge in [-0.1, -0.05) is 39.7 Å². The lowest BCUT2D eigenvalue weighted by Gasteiger charge is -2.08. The van der Waals surface area contributed by atoms with Gasteiger partial charge in [0.15, 0.2) is 5.78 Å². The Hall–Kier alpha value is -1.19. The number of carbonyl (C=O) groups excluding carboxylic acids is 1. The zero-order chi connectivity index (χ0) is 14.0. The van der Waals surface area contributed by atoms with Gasteiger partial charge in [0, 0.05) is 27.0 Å². The number of hydrogen-bond donors (Lipinski definition) is 0. The Morgan fingerprint density at radius 3 is 2.74 bits per heavy atom. The first-order valence-electron chi connectivity index (χ1n) is 5.71. The van der Waals surface area contributed by atoms with Crippen LogP contribution >= 0.6 is 27.5 Å². The molecule has 0 aromatic heterocycles. The van der Waals surface area contributed by atoms with Crippen molar-refractivity contribution < 1.29 is 9.18 Å². The summed E-state index contributed by atoms with van der Waals surface area (Å²) in [7, 11) is 0. The van der Waals surface area contributed by atoms with E-state index in [9.17, 15) is 9.18 Å². The molecule has 0 fully saturated rings. The van der Waals surface area contributed by atoms with Crippen LogP contribution in [0.2, 0.25) is 5.02 Å². The summed E-state index contributed by atoms with van der Waals surface area (Å²) in [6, 6.07) is 9.87. The second kappa shape index (κ2) is 5.85. The molecule has 0 atom stereocenters. The minimum absolute atomic E-state index is 0.0389. The van der Waals surface area contributed by atoms with Crippen LogP contribution in [0, 0.1) is 12.7 Å². The fourth-order valence-corrected chi connectivity index (χ4v) is 2.44. The smallest absolute Gasteiger partial charge is 0.167 e. The molecule has 0 N–H and O–H groups in total. The molecule has 2 aromatic rings. The van der Waals surface area contributed by atoms with Gasteiger partial charge in [-0.15, -0.1) is 0 Å². The number of carbonyl (C=O) groups is 1. The van der Waals surface area contributed by atoms with Gasteiger partial charge >= 0.3 is 0 Å². The van der Waals surface area contributed by atoms with Crippen LogP contribution in [-0.4, -0.2) is 5.78 Å². The van der Waals surface area contributed by atoms with Crippen molar-refractivity contribution in [2.24, 2.45) is 0 Å². The van der Waals surface area contributed by atoms with Gasteiger partial charge in [-0.25, -0.2) is 4.39 Å². The van der Waals surface area contributed by atoms with Crippen LogP contribution in [0.25, 0.3) is 0 Å². The maximum absolute atomic E-state index is 13.7. The van der Waals surface area contributed by atoms with Crippen LogP contribution in [0.3, 0.4) is 0 Å². The van der Waals surface area contributed by atoms with E-state index in [2.05, 4.69) is 15.9 Å². The van der Waals surface area contributed by atoms with Gasteiger partial charge in [-0.3, -0.25) is 4.79 Å². The second-order valence-electron chi connectivity index (χ2n) is 4.26. The Labute approximate surface area is 124 Å². The minimum atomic E-state index is -0.450. The van der Waals surface area contributed by atoms with E-state index in [1.165, 1.54) is 12.1 Å². The zero-order valence-corrected chi connectivity index (χ0v) is 12.6. The molecule has 4 heteroatoms. The molecular formula is C15H11BrClFO. The summed E-state index contributed by atoms with van der Waals surface area (Å²) in [5.41, 5.74) is 1.68. The summed E-state index contributed by atoms with van der Waals surface area (Å²) in [6.45, 7) is 1.85. The minimum Gasteiger partial charge on any atom is -0.294 e. The van der Waals surface area contributed by atoms with Crippen molar-refractivity contribution in [2.75, 3.05) is 0 Å². The summed E-state index contributed by atoms with van der Waals surface area (Å²) < 4.78 is 14.5. The van der Waals surface area contributed by atoms with Crippen molar-refractivity contribution in [1.29, 1.82) is 0 Å². The van der Waals surface area contributed by atoms with Crippen LogP contribution in [0.4, 0.5) is 4.39 Å². The standard InChI is InChI=1S/C15H11BrClFO/c1-9-5-6-10(16)7-11(9)15(19)8-12-13(17)3-2-4-14(12)18/h2-7H,8H2,1H3. The molecule has 0 heterocycles. The van der Waals surface area contributed by atoms with Crippen LogP contribution in [0.1, 0.15) is 21.5 Å². The summed E-state index contributed by atoms with van der Waals surface area (Å²) in [6.07, 6.45) is -0.0389. The molecule has 2 rings (SSSR count). The zero-order valence-electron chi connectivity index (χ0n) is 10.2. The number of hydrogen-bond acceptors (Lipinski definition) is 1. The van der Waals surface area contributed by atoms with Gasteiger partial charge in [0.2, 0.25) is 0 Å². The molecular weight excluding hydrogens is 331 g/mol. The maximum atomic E-state index is 13.7. The molecule has 0 radical (unpaired) electrons. The Morgan fingerprint density at radius 2 is 2.05 bits per heavy atom. The van der Waals surface area contributed by atoms with E-state index in [1.54, 1.807) is 12.1 Å². The van der Waals surface area contributed by atoms with Crippen molar-refractivity contribution >= 4 is 33.3 Å². The third-order valence-electron chi connectivity index (χ3n) is 2.90. The molecule has 98 valence electrons.